The van der Waals surface area contributed by atoms with Crippen molar-refractivity contribution in [2.24, 2.45) is 0 Å². The number of hydrogen-bond acceptors (Lipinski definition) is 8. The highest BCUT2D eigenvalue weighted by atomic mass is 32.2. The number of nitro benzene ring substituents is 1. The van der Waals surface area contributed by atoms with Crippen LogP contribution in [0.5, 0.6) is 11.5 Å². The van der Waals surface area contributed by atoms with Gasteiger partial charge in [0.15, 0.2) is 4.90 Å². The van der Waals surface area contributed by atoms with Crippen LogP contribution in [-0.4, -0.2) is 36.9 Å². The largest absolute Gasteiger partial charge is 0.511 e. The normalized spacial score (nSPS) is 14.7. The number of hydrogen-bond donors (Lipinski definition) is 2. The van der Waals surface area contributed by atoms with Crippen LogP contribution in [0.2, 0.25) is 0 Å². The van der Waals surface area contributed by atoms with Crippen molar-refractivity contribution in [3.8, 4) is 11.5 Å². The number of fused-ring (bicyclic) bond motifs is 2. The highest BCUT2D eigenvalue weighted by molar-refractivity contribution is 7.99. The predicted octanol–water partition coefficient (Wildman–Crippen LogP) is 4.35. The maximum Gasteiger partial charge on any atom is 0.511 e. The Morgan fingerprint density at radius 2 is 1.89 bits per heavy atom. The van der Waals surface area contributed by atoms with Gasteiger partial charge in [0.2, 0.25) is 10.0 Å². The van der Waals surface area contributed by atoms with Gasteiger partial charge in [0.25, 0.3) is 5.69 Å². The molecule has 3 aromatic rings. The number of para-hydroxylation sites is 1. The highest BCUT2D eigenvalue weighted by Gasteiger charge is 2.27. The predicted molar refractivity (Wildman–Crippen MR) is 128 cm³/mol. The van der Waals surface area contributed by atoms with Gasteiger partial charge in [0.05, 0.1) is 10.2 Å². The molecule has 0 fully saturated rings. The third-order valence-electron chi connectivity index (χ3n) is 5.22. The van der Waals surface area contributed by atoms with Gasteiger partial charge in [-0.2, -0.15) is 0 Å². The Morgan fingerprint density at radius 1 is 1.14 bits per heavy atom. The number of nitro groups is 1. The number of ether oxygens (including phenoxy) is 2. The zero-order valence-electron chi connectivity index (χ0n) is 18.1. The van der Waals surface area contributed by atoms with Gasteiger partial charge < -0.3 is 14.6 Å². The molecular formula is C23H20N2O8S2. The van der Waals surface area contributed by atoms with Crippen LogP contribution in [0, 0.1) is 10.1 Å². The SMILES string of the molecule is O=C(O)Oc1ccc2c(c1)C(SCCNS(=O)(=O)c1ccccc1[N+](=O)[O-])c1ccccc1CO2. The molecule has 0 spiro atoms. The van der Waals surface area contributed by atoms with Crippen molar-refractivity contribution in [1.29, 1.82) is 0 Å². The lowest BCUT2D eigenvalue weighted by Crippen LogP contribution is -2.27. The van der Waals surface area contributed by atoms with Crippen LogP contribution >= 0.6 is 11.8 Å². The molecule has 35 heavy (non-hydrogen) atoms. The molecule has 0 aliphatic carbocycles. The Bertz CT molecular complexity index is 1380. The molecule has 0 amide bonds. The summed E-state index contributed by atoms with van der Waals surface area (Å²) in [6.07, 6.45) is -1.44. The van der Waals surface area contributed by atoms with E-state index in [4.69, 9.17) is 14.6 Å². The molecule has 0 saturated carbocycles. The van der Waals surface area contributed by atoms with E-state index in [1.54, 1.807) is 12.1 Å². The lowest BCUT2D eigenvalue weighted by atomic mass is 10.00. The molecular weight excluding hydrogens is 496 g/mol. The maximum absolute atomic E-state index is 12.7. The van der Waals surface area contributed by atoms with Gasteiger partial charge in [0, 0.05) is 23.9 Å². The van der Waals surface area contributed by atoms with Crippen LogP contribution in [0.15, 0.2) is 71.6 Å². The quantitative estimate of drug-likeness (QED) is 0.147. The molecule has 4 rings (SSSR count). The standard InChI is InChI=1S/C23H20N2O8S2/c26-23(27)33-16-9-10-20-18(13-16)22(17-6-2-1-5-15(17)14-32-20)34-12-11-24-35(30,31)21-8-4-3-7-19(21)25(28)29/h1-10,13,22,24H,11-12,14H2,(H,26,27). The number of nitrogens with one attached hydrogen (secondary N) is 1. The van der Waals surface area contributed by atoms with E-state index in [2.05, 4.69) is 4.72 Å². The fourth-order valence-corrected chi connectivity index (χ4v) is 6.28. The number of carboxylic acid groups (broad SMARTS) is 1. The van der Waals surface area contributed by atoms with E-state index in [1.807, 2.05) is 24.3 Å². The van der Waals surface area contributed by atoms with Gasteiger partial charge in [-0.25, -0.2) is 17.9 Å². The number of sulfonamides is 1. The van der Waals surface area contributed by atoms with Gasteiger partial charge in [-0.15, -0.1) is 11.8 Å². The van der Waals surface area contributed by atoms with Gasteiger partial charge in [0.1, 0.15) is 18.1 Å². The topological polar surface area (TPSA) is 145 Å². The minimum Gasteiger partial charge on any atom is -0.489 e. The summed E-state index contributed by atoms with van der Waals surface area (Å²) in [6.45, 7) is 0.336. The van der Waals surface area contributed by atoms with E-state index in [9.17, 15) is 23.3 Å². The molecule has 3 aromatic carbocycles. The molecule has 0 saturated heterocycles. The lowest BCUT2D eigenvalue weighted by molar-refractivity contribution is -0.387. The second-order valence-corrected chi connectivity index (χ2v) is 10.4. The zero-order valence-corrected chi connectivity index (χ0v) is 19.8. The van der Waals surface area contributed by atoms with Crippen LogP contribution in [0.3, 0.4) is 0 Å². The van der Waals surface area contributed by atoms with E-state index >= 15 is 0 Å². The van der Waals surface area contributed by atoms with Gasteiger partial charge in [-0.3, -0.25) is 10.1 Å². The van der Waals surface area contributed by atoms with E-state index in [0.717, 1.165) is 17.2 Å². The molecule has 1 aliphatic rings. The Hall–Kier alpha value is -3.61. The maximum atomic E-state index is 12.7. The molecule has 0 bridgehead atoms. The summed E-state index contributed by atoms with van der Waals surface area (Å²) >= 11 is 1.43. The van der Waals surface area contributed by atoms with Gasteiger partial charge >= 0.3 is 6.16 Å². The van der Waals surface area contributed by atoms with E-state index in [0.29, 0.717) is 23.7 Å². The molecule has 1 unspecified atom stereocenters. The van der Waals surface area contributed by atoms with Crippen molar-refractivity contribution in [2.45, 2.75) is 16.8 Å². The van der Waals surface area contributed by atoms with Crippen molar-refractivity contribution in [3.63, 3.8) is 0 Å². The summed E-state index contributed by atoms with van der Waals surface area (Å²) in [6, 6.07) is 17.5. The smallest absolute Gasteiger partial charge is 0.489 e. The highest BCUT2D eigenvalue weighted by Crippen LogP contribution is 2.45. The molecule has 1 heterocycles. The van der Waals surface area contributed by atoms with Crippen LogP contribution in [0.1, 0.15) is 21.9 Å². The minimum atomic E-state index is -4.10. The monoisotopic (exact) mass is 516 g/mol. The average molecular weight is 517 g/mol. The van der Waals surface area contributed by atoms with Crippen LogP contribution in [0.4, 0.5) is 10.5 Å². The number of carbonyl (C=O) groups is 1. The van der Waals surface area contributed by atoms with E-state index in [1.165, 1.54) is 36.0 Å². The summed E-state index contributed by atoms with van der Waals surface area (Å²) in [5.74, 6) is 1.03. The average Bonchev–Trinajstić information content (AvgIpc) is 2.98. The summed E-state index contributed by atoms with van der Waals surface area (Å²) in [5, 5.41) is 19.9. The van der Waals surface area contributed by atoms with Crippen LogP contribution in [0.25, 0.3) is 0 Å². The Morgan fingerprint density at radius 3 is 2.66 bits per heavy atom. The van der Waals surface area contributed by atoms with Crippen molar-refractivity contribution < 1.29 is 32.7 Å². The fourth-order valence-electron chi connectivity index (χ4n) is 3.72. The summed E-state index contributed by atoms with van der Waals surface area (Å²) < 4.78 is 38.5. The third-order valence-corrected chi connectivity index (χ3v) is 8.01. The second-order valence-electron chi connectivity index (χ2n) is 7.43. The Labute approximate surface area is 205 Å². The first-order valence-corrected chi connectivity index (χ1v) is 12.9. The van der Waals surface area contributed by atoms with Gasteiger partial charge in [-0.1, -0.05) is 36.4 Å². The lowest BCUT2D eigenvalue weighted by Gasteiger charge is -2.19. The fraction of sp³-hybridized carbons (Fsp3) is 0.174. The van der Waals surface area contributed by atoms with Gasteiger partial charge in [-0.05, 0) is 35.4 Å². The number of nitrogens with zero attached hydrogens (tertiary/aromatic N) is 1. The number of rotatable bonds is 8. The van der Waals surface area contributed by atoms with Crippen LogP contribution < -0.4 is 14.2 Å². The van der Waals surface area contributed by atoms with Crippen molar-refractivity contribution in [3.05, 3.63) is 93.5 Å². The molecule has 10 nitrogen and oxygen atoms in total. The number of benzene rings is 3. The summed E-state index contributed by atoms with van der Waals surface area (Å²) in [7, 11) is -4.10. The molecule has 1 aliphatic heterocycles. The first-order valence-electron chi connectivity index (χ1n) is 10.4. The first-order chi connectivity index (χ1) is 16.8. The van der Waals surface area contributed by atoms with Crippen molar-refractivity contribution in [2.75, 3.05) is 12.3 Å². The number of thioether (sulfide) groups is 1. The second kappa shape index (κ2) is 10.3. The summed E-state index contributed by atoms with van der Waals surface area (Å²) in [5.41, 5.74) is 2.09. The third kappa shape index (κ3) is 5.56. The van der Waals surface area contributed by atoms with E-state index in [-0.39, 0.29) is 17.5 Å². The van der Waals surface area contributed by atoms with Crippen molar-refractivity contribution in [1.82, 2.24) is 4.72 Å². The van der Waals surface area contributed by atoms with E-state index < -0.39 is 31.7 Å². The van der Waals surface area contributed by atoms with Crippen molar-refractivity contribution >= 4 is 33.6 Å². The Balaban J connectivity index is 1.55. The first kappa shape index (κ1) is 24.5. The molecule has 0 aromatic heterocycles. The summed E-state index contributed by atoms with van der Waals surface area (Å²) in [4.78, 5) is 21.1. The molecule has 12 heteroatoms. The zero-order chi connectivity index (χ0) is 25.0. The molecule has 0 radical (unpaired) electrons. The Kier molecular flexibility index (Phi) is 7.24. The molecule has 1 atom stereocenters. The van der Waals surface area contributed by atoms with Crippen LogP contribution in [-0.2, 0) is 16.6 Å². The minimum absolute atomic E-state index is 0.0131. The molecule has 2 N–H and O–H groups in total. The molecule has 182 valence electrons.